The van der Waals surface area contributed by atoms with Crippen LogP contribution in [0.4, 0.5) is 10.2 Å². The summed E-state index contributed by atoms with van der Waals surface area (Å²) in [6.07, 6.45) is 4.54. The molecule has 0 radical (unpaired) electrons. The van der Waals surface area contributed by atoms with E-state index in [1.54, 1.807) is 17.2 Å². The normalized spacial score (nSPS) is 16.5. The van der Waals surface area contributed by atoms with Gasteiger partial charge in [0.05, 0.1) is 11.4 Å². The zero-order chi connectivity index (χ0) is 17.4. The molecule has 7 heteroatoms. The summed E-state index contributed by atoms with van der Waals surface area (Å²) in [5, 5.41) is 4.18. The van der Waals surface area contributed by atoms with Gasteiger partial charge in [0.1, 0.15) is 23.6 Å². The van der Waals surface area contributed by atoms with Gasteiger partial charge in [-0.3, -0.25) is 4.79 Å². The molecule has 0 bridgehead atoms. The number of benzene rings is 1. The third-order valence-electron chi connectivity index (χ3n) is 4.40. The summed E-state index contributed by atoms with van der Waals surface area (Å²) in [4.78, 5) is 25.3. The molecule has 126 valence electrons. The van der Waals surface area contributed by atoms with Crippen molar-refractivity contribution in [3.63, 3.8) is 0 Å². The maximum Gasteiger partial charge on any atom is 0.246 e. The number of rotatable bonds is 3. The number of carbonyl (C=O) groups is 1. The second-order valence-corrected chi connectivity index (χ2v) is 5.93. The largest absolute Gasteiger partial charge is 0.361 e. The van der Waals surface area contributed by atoms with Gasteiger partial charge in [0.15, 0.2) is 0 Å². The summed E-state index contributed by atoms with van der Waals surface area (Å²) in [5.41, 5.74) is 2.45. The molecule has 3 heterocycles. The molecule has 2 N–H and O–H groups in total. The monoisotopic (exact) mass is 337 g/mol. The predicted octanol–water partition coefficient (Wildman–Crippen LogP) is 2.78. The van der Waals surface area contributed by atoms with Crippen LogP contribution in [-0.2, 0) is 11.3 Å². The average Bonchev–Trinajstić information content (AvgIpc) is 3.11. The van der Waals surface area contributed by atoms with Crippen molar-refractivity contribution in [1.82, 2.24) is 19.9 Å². The van der Waals surface area contributed by atoms with Crippen molar-refractivity contribution in [1.29, 1.82) is 0 Å². The number of nitrogens with one attached hydrogen (secondary N) is 2. The molecule has 3 aromatic rings. The van der Waals surface area contributed by atoms with E-state index in [9.17, 15) is 9.18 Å². The summed E-state index contributed by atoms with van der Waals surface area (Å²) in [6, 6.07) is 6.23. The van der Waals surface area contributed by atoms with E-state index in [1.807, 2.05) is 6.07 Å². The van der Waals surface area contributed by atoms with Crippen LogP contribution in [0.3, 0.4) is 0 Å². The summed E-state index contributed by atoms with van der Waals surface area (Å²) in [7, 11) is 0. The van der Waals surface area contributed by atoms with Gasteiger partial charge in [-0.25, -0.2) is 14.4 Å². The molecule has 1 aromatic carbocycles. The fourth-order valence-electron chi connectivity index (χ4n) is 3.20. The maximum absolute atomic E-state index is 13.8. The Balaban J connectivity index is 1.74. The number of halogens is 1. The van der Waals surface area contributed by atoms with Crippen LogP contribution in [0.15, 0.2) is 49.4 Å². The molecule has 1 aliphatic rings. The van der Waals surface area contributed by atoms with Gasteiger partial charge in [0, 0.05) is 19.3 Å². The van der Waals surface area contributed by atoms with E-state index in [0.717, 1.165) is 16.5 Å². The minimum atomic E-state index is -0.302. The minimum Gasteiger partial charge on any atom is -0.361 e. The van der Waals surface area contributed by atoms with Crippen molar-refractivity contribution in [3.8, 4) is 0 Å². The first-order chi connectivity index (χ1) is 12.2. The van der Waals surface area contributed by atoms with Gasteiger partial charge in [-0.15, -0.1) is 0 Å². The first-order valence-electron chi connectivity index (χ1n) is 7.90. The van der Waals surface area contributed by atoms with Crippen LogP contribution in [0.1, 0.15) is 17.2 Å². The summed E-state index contributed by atoms with van der Waals surface area (Å²) in [5.74, 6) is 0.180. The molecule has 0 saturated heterocycles. The number of nitrogens with zero attached hydrogens (tertiary/aromatic N) is 3. The Hall–Kier alpha value is -3.22. The number of anilines is 1. The number of aromatic nitrogens is 3. The number of fused-ring (bicyclic) bond motifs is 2. The number of amides is 1. The Morgan fingerprint density at radius 2 is 2.28 bits per heavy atom. The van der Waals surface area contributed by atoms with E-state index >= 15 is 0 Å². The van der Waals surface area contributed by atoms with Crippen molar-refractivity contribution < 1.29 is 9.18 Å². The van der Waals surface area contributed by atoms with Crippen molar-refractivity contribution in [2.24, 2.45) is 0 Å². The van der Waals surface area contributed by atoms with Crippen LogP contribution < -0.4 is 5.32 Å². The Kier molecular flexibility index (Phi) is 3.68. The van der Waals surface area contributed by atoms with Crippen LogP contribution in [0, 0.1) is 5.82 Å². The van der Waals surface area contributed by atoms with Gasteiger partial charge < -0.3 is 15.2 Å². The number of hydrogen-bond donors (Lipinski definition) is 2. The van der Waals surface area contributed by atoms with Gasteiger partial charge in [0.2, 0.25) is 5.91 Å². The smallest absolute Gasteiger partial charge is 0.246 e. The maximum atomic E-state index is 13.8. The highest BCUT2D eigenvalue weighted by atomic mass is 19.1. The van der Waals surface area contributed by atoms with Crippen LogP contribution in [0.2, 0.25) is 0 Å². The van der Waals surface area contributed by atoms with E-state index < -0.39 is 0 Å². The minimum absolute atomic E-state index is 0.156. The summed E-state index contributed by atoms with van der Waals surface area (Å²) in [6.45, 7) is 4.39. The standard InChI is InChI=1S/C18H16FN5O/c1-2-16(25)24-8-11-3-4-12(19)7-14(11)15(9-24)23-18-13-5-6-20-17(13)21-10-22-18/h2-7,10,15H,1,8-9H2,(H2,20,21,22,23)/t15-/m0/s1. The fraction of sp³-hybridized carbons (Fsp3) is 0.167. The van der Waals surface area contributed by atoms with Crippen LogP contribution in [0.5, 0.6) is 0 Å². The zero-order valence-electron chi connectivity index (χ0n) is 13.4. The number of H-pyrrole nitrogens is 1. The van der Waals surface area contributed by atoms with Gasteiger partial charge in [0.25, 0.3) is 0 Å². The van der Waals surface area contributed by atoms with E-state index in [0.29, 0.717) is 24.6 Å². The molecule has 0 aliphatic carbocycles. The Morgan fingerprint density at radius 1 is 1.40 bits per heavy atom. The predicted molar refractivity (Wildman–Crippen MR) is 92.3 cm³/mol. The number of aromatic amines is 1. The molecule has 0 saturated carbocycles. The molecule has 6 nitrogen and oxygen atoms in total. The second kappa shape index (κ2) is 6.01. The van der Waals surface area contributed by atoms with E-state index in [2.05, 4.69) is 26.8 Å². The molecule has 2 aromatic heterocycles. The van der Waals surface area contributed by atoms with Gasteiger partial charge in [-0.05, 0) is 35.4 Å². The van der Waals surface area contributed by atoms with Crippen molar-refractivity contribution in [2.45, 2.75) is 12.6 Å². The summed E-state index contributed by atoms with van der Waals surface area (Å²) < 4.78 is 13.8. The van der Waals surface area contributed by atoms with E-state index in [1.165, 1.54) is 24.5 Å². The summed E-state index contributed by atoms with van der Waals surface area (Å²) >= 11 is 0. The molecule has 0 unspecified atom stereocenters. The lowest BCUT2D eigenvalue weighted by molar-refractivity contribution is -0.127. The molecule has 4 rings (SSSR count). The molecule has 1 aliphatic heterocycles. The lowest BCUT2D eigenvalue weighted by Gasteiger charge is -2.35. The van der Waals surface area contributed by atoms with Gasteiger partial charge in [-0.2, -0.15) is 0 Å². The van der Waals surface area contributed by atoms with E-state index in [-0.39, 0.29) is 17.8 Å². The number of carbonyl (C=O) groups excluding carboxylic acids is 1. The van der Waals surface area contributed by atoms with Crippen molar-refractivity contribution >= 4 is 22.8 Å². The SMILES string of the molecule is C=CC(=O)N1Cc2ccc(F)cc2[C@@H](Nc2ncnc3[nH]ccc23)C1. The molecular formula is C18H16FN5O. The third kappa shape index (κ3) is 2.73. The fourth-order valence-corrected chi connectivity index (χ4v) is 3.20. The molecule has 1 atom stereocenters. The highest BCUT2D eigenvalue weighted by Crippen LogP contribution is 2.31. The average molecular weight is 337 g/mol. The topological polar surface area (TPSA) is 73.9 Å². The Morgan fingerprint density at radius 3 is 3.12 bits per heavy atom. The lowest BCUT2D eigenvalue weighted by Crippen LogP contribution is -2.39. The highest BCUT2D eigenvalue weighted by Gasteiger charge is 2.28. The molecular weight excluding hydrogens is 321 g/mol. The Labute approximate surface area is 143 Å². The zero-order valence-corrected chi connectivity index (χ0v) is 13.4. The van der Waals surface area contributed by atoms with Crippen LogP contribution >= 0.6 is 0 Å². The third-order valence-corrected chi connectivity index (χ3v) is 4.40. The highest BCUT2D eigenvalue weighted by molar-refractivity contribution is 5.88. The van der Waals surface area contributed by atoms with E-state index in [4.69, 9.17) is 0 Å². The quantitative estimate of drug-likeness (QED) is 0.721. The lowest BCUT2D eigenvalue weighted by atomic mass is 9.95. The molecule has 1 amide bonds. The van der Waals surface area contributed by atoms with Crippen molar-refractivity contribution in [2.75, 3.05) is 11.9 Å². The molecule has 0 fully saturated rings. The first kappa shape index (κ1) is 15.3. The van der Waals surface area contributed by atoms with Gasteiger partial charge >= 0.3 is 0 Å². The van der Waals surface area contributed by atoms with Crippen LogP contribution in [0.25, 0.3) is 11.0 Å². The Bertz CT molecular complexity index is 967. The first-order valence-corrected chi connectivity index (χ1v) is 7.90. The van der Waals surface area contributed by atoms with Crippen molar-refractivity contribution in [3.05, 3.63) is 66.4 Å². The number of hydrogen-bond acceptors (Lipinski definition) is 4. The molecule has 0 spiro atoms. The second-order valence-electron chi connectivity index (χ2n) is 5.93. The molecule has 25 heavy (non-hydrogen) atoms. The van der Waals surface area contributed by atoms with Crippen LogP contribution in [-0.4, -0.2) is 32.3 Å². The van der Waals surface area contributed by atoms with Gasteiger partial charge in [-0.1, -0.05) is 12.6 Å².